The summed E-state index contributed by atoms with van der Waals surface area (Å²) >= 11 is 9.36. The van der Waals surface area contributed by atoms with Crippen molar-refractivity contribution in [3.8, 4) is 0 Å². The number of aliphatic carboxylic acids is 1. The lowest BCUT2D eigenvalue weighted by molar-refractivity contribution is -0.138. The van der Waals surface area contributed by atoms with E-state index < -0.39 is 17.9 Å². The number of carboxylic acids is 1. The number of imidazole rings is 1. The predicted octanol–water partition coefficient (Wildman–Crippen LogP) is 3.95. The van der Waals surface area contributed by atoms with Gasteiger partial charge in [-0.2, -0.15) is 0 Å². The van der Waals surface area contributed by atoms with Crippen molar-refractivity contribution in [2.24, 2.45) is 0 Å². The van der Waals surface area contributed by atoms with Crippen molar-refractivity contribution >= 4 is 45.1 Å². The van der Waals surface area contributed by atoms with E-state index in [4.69, 9.17) is 16.3 Å². The minimum Gasteiger partial charge on any atom is -0.481 e. The summed E-state index contributed by atoms with van der Waals surface area (Å²) in [5, 5.41) is 10.6. The number of aromatic nitrogens is 2. The molecule has 6 nitrogen and oxygen atoms in total. The quantitative estimate of drug-likeness (QED) is 0.434. The molecule has 0 bridgehead atoms. The molecule has 0 amide bonds. The van der Waals surface area contributed by atoms with Crippen LogP contribution in [0.4, 0.5) is 0 Å². The van der Waals surface area contributed by atoms with Crippen LogP contribution in [0, 0.1) is 0 Å². The number of hydrogen-bond acceptors (Lipinski definition) is 4. The van der Waals surface area contributed by atoms with Crippen LogP contribution in [-0.4, -0.2) is 38.4 Å². The Morgan fingerprint density at radius 2 is 2.00 bits per heavy atom. The first-order valence-electron chi connectivity index (χ1n) is 8.17. The number of halogens is 2. The number of fused-ring (bicyclic) bond motifs is 1. The molecule has 1 N–H and O–H groups in total. The summed E-state index contributed by atoms with van der Waals surface area (Å²) in [6, 6.07) is 10.2. The van der Waals surface area contributed by atoms with E-state index in [0.717, 1.165) is 0 Å². The Kier molecular flexibility index (Phi) is 6.13. The third-order valence-corrected chi connectivity index (χ3v) is 4.71. The first-order valence-corrected chi connectivity index (χ1v) is 9.67. The Morgan fingerprint density at radius 1 is 1.22 bits per heavy atom. The fraction of sp³-hybridized carbons (Fsp3) is 0.211. The molecule has 0 saturated carbocycles. The zero-order valence-electron chi connectivity index (χ0n) is 14.1. The zero-order chi connectivity index (χ0) is 19.4. The normalized spacial score (nSPS) is 12.1. The average molecular weight is 452 g/mol. The van der Waals surface area contributed by atoms with Gasteiger partial charge in [-0.15, -0.1) is 0 Å². The average Bonchev–Trinajstić information content (AvgIpc) is 3.06. The number of carbonyl (C=O) groups is 2. The van der Waals surface area contributed by atoms with Crippen LogP contribution in [0.25, 0.3) is 5.65 Å². The van der Waals surface area contributed by atoms with Crippen molar-refractivity contribution in [3.63, 3.8) is 0 Å². The summed E-state index contributed by atoms with van der Waals surface area (Å²) < 4.78 is 6.77. The van der Waals surface area contributed by atoms with Crippen LogP contribution in [0.1, 0.15) is 27.5 Å². The van der Waals surface area contributed by atoms with Crippen LogP contribution in [0.2, 0.25) is 5.02 Å². The van der Waals surface area contributed by atoms with Gasteiger partial charge < -0.3 is 14.2 Å². The lowest BCUT2D eigenvalue weighted by atomic mass is 9.94. The molecule has 1 atom stereocenters. The monoisotopic (exact) mass is 450 g/mol. The molecule has 1 aromatic carbocycles. The Balaban J connectivity index is 1.87. The summed E-state index contributed by atoms with van der Waals surface area (Å²) in [7, 11) is 0. The van der Waals surface area contributed by atoms with E-state index in [1.807, 2.05) is 0 Å². The van der Waals surface area contributed by atoms with Crippen molar-refractivity contribution in [2.75, 3.05) is 11.9 Å². The molecule has 3 aromatic rings. The van der Waals surface area contributed by atoms with Gasteiger partial charge in [0.15, 0.2) is 0 Å². The third-order valence-electron chi connectivity index (χ3n) is 4.04. The second-order valence-electron chi connectivity index (χ2n) is 5.86. The van der Waals surface area contributed by atoms with Crippen molar-refractivity contribution in [2.45, 2.75) is 12.3 Å². The SMILES string of the molecule is O=C(OCCBr)c1ccc2nc(CC(C(=O)O)c3ccccc3Cl)cn2c1. The molecule has 0 aliphatic heterocycles. The molecule has 140 valence electrons. The van der Waals surface area contributed by atoms with Gasteiger partial charge in [0, 0.05) is 29.2 Å². The van der Waals surface area contributed by atoms with E-state index in [1.54, 1.807) is 53.2 Å². The highest BCUT2D eigenvalue weighted by Gasteiger charge is 2.24. The second-order valence-corrected chi connectivity index (χ2v) is 7.06. The third kappa shape index (κ3) is 4.48. The number of ether oxygens (including phenoxy) is 1. The second kappa shape index (κ2) is 8.54. The standard InChI is InChI=1S/C19H16BrClN2O4/c20-7-8-27-19(26)12-5-6-17-22-13(11-23(17)10-12)9-15(18(24)25)14-3-1-2-4-16(14)21/h1-6,10-11,15H,7-9H2,(H,24,25). The maximum absolute atomic E-state index is 12.0. The van der Waals surface area contributed by atoms with Gasteiger partial charge in [-0.3, -0.25) is 4.79 Å². The van der Waals surface area contributed by atoms with E-state index >= 15 is 0 Å². The molecule has 0 fully saturated rings. The molecule has 1 unspecified atom stereocenters. The molecule has 2 heterocycles. The minimum atomic E-state index is -0.973. The number of benzene rings is 1. The summed E-state index contributed by atoms with van der Waals surface area (Å²) in [5.41, 5.74) is 2.15. The molecule has 8 heteroatoms. The van der Waals surface area contributed by atoms with E-state index in [-0.39, 0.29) is 13.0 Å². The van der Waals surface area contributed by atoms with Gasteiger partial charge in [-0.1, -0.05) is 45.7 Å². The molecule has 0 radical (unpaired) electrons. The number of alkyl halides is 1. The molecular weight excluding hydrogens is 436 g/mol. The van der Waals surface area contributed by atoms with Gasteiger partial charge in [-0.25, -0.2) is 9.78 Å². The molecule has 0 aliphatic rings. The fourth-order valence-corrected chi connectivity index (χ4v) is 3.20. The van der Waals surface area contributed by atoms with Gasteiger partial charge in [0.1, 0.15) is 12.3 Å². The van der Waals surface area contributed by atoms with Gasteiger partial charge in [-0.05, 0) is 23.8 Å². The Bertz CT molecular complexity index is 989. The van der Waals surface area contributed by atoms with E-state index in [2.05, 4.69) is 20.9 Å². The van der Waals surface area contributed by atoms with E-state index in [1.165, 1.54) is 0 Å². The first kappa shape index (κ1) is 19.4. The Hall–Kier alpha value is -2.38. The lowest BCUT2D eigenvalue weighted by Gasteiger charge is -2.12. The van der Waals surface area contributed by atoms with Crippen LogP contribution in [-0.2, 0) is 16.0 Å². The number of pyridine rings is 1. The van der Waals surface area contributed by atoms with Gasteiger partial charge >= 0.3 is 11.9 Å². The minimum absolute atomic E-state index is 0.185. The number of carboxylic acid groups (broad SMARTS) is 1. The molecule has 0 aliphatic carbocycles. The number of rotatable bonds is 7. The molecule has 2 aromatic heterocycles. The maximum Gasteiger partial charge on any atom is 0.339 e. The fourth-order valence-electron chi connectivity index (χ4n) is 2.78. The van der Waals surface area contributed by atoms with E-state index in [0.29, 0.717) is 32.8 Å². The van der Waals surface area contributed by atoms with Crippen LogP contribution in [0.5, 0.6) is 0 Å². The number of hydrogen-bond donors (Lipinski definition) is 1. The topological polar surface area (TPSA) is 80.9 Å². The van der Waals surface area contributed by atoms with Gasteiger partial charge in [0.2, 0.25) is 0 Å². The van der Waals surface area contributed by atoms with Crippen LogP contribution in [0.15, 0.2) is 48.8 Å². The predicted molar refractivity (Wildman–Crippen MR) is 105 cm³/mol. The van der Waals surface area contributed by atoms with Crippen molar-refractivity contribution in [1.82, 2.24) is 9.38 Å². The lowest BCUT2D eigenvalue weighted by Crippen LogP contribution is -2.15. The summed E-state index contributed by atoms with van der Waals surface area (Å²) in [4.78, 5) is 28.2. The highest BCUT2D eigenvalue weighted by molar-refractivity contribution is 9.09. The summed E-state index contributed by atoms with van der Waals surface area (Å²) in [6.07, 6.45) is 3.52. The number of carbonyl (C=O) groups excluding carboxylic acids is 1. The largest absolute Gasteiger partial charge is 0.481 e. The highest BCUT2D eigenvalue weighted by Crippen LogP contribution is 2.27. The van der Waals surface area contributed by atoms with Crippen molar-refractivity contribution in [3.05, 3.63) is 70.6 Å². The van der Waals surface area contributed by atoms with Crippen LogP contribution >= 0.6 is 27.5 Å². The first-order chi connectivity index (χ1) is 13.0. The zero-order valence-corrected chi connectivity index (χ0v) is 16.5. The smallest absolute Gasteiger partial charge is 0.339 e. The van der Waals surface area contributed by atoms with E-state index in [9.17, 15) is 14.7 Å². The number of esters is 1. The Labute approximate surface area is 168 Å². The van der Waals surface area contributed by atoms with Crippen LogP contribution in [0.3, 0.4) is 0 Å². The maximum atomic E-state index is 12.0. The molecule has 3 rings (SSSR count). The van der Waals surface area contributed by atoms with Gasteiger partial charge in [0.25, 0.3) is 0 Å². The van der Waals surface area contributed by atoms with Crippen molar-refractivity contribution < 1.29 is 19.4 Å². The van der Waals surface area contributed by atoms with Crippen LogP contribution < -0.4 is 0 Å². The molecular formula is C19H16BrClN2O4. The molecule has 27 heavy (non-hydrogen) atoms. The van der Waals surface area contributed by atoms with Crippen molar-refractivity contribution in [1.29, 1.82) is 0 Å². The Morgan fingerprint density at radius 3 is 2.70 bits per heavy atom. The highest BCUT2D eigenvalue weighted by atomic mass is 79.9. The summed E-state index contributed by atoms with van der Waals surface area (Å²) in [5.74, 6) is -2.21. The molecule has 0 saturated heterocycles. The van der Waals surface area contributed by atoms with Gasteiger partial charge in [0.05, 0.1) is 17.2 Å². The molecule has 0 spiro atoms. The number of nitrogens with zero attached hydrogens (tertiary/aromatic N) is 2. The summed E-state index contributed by atoms with van der Waals surface area (Å²) in [6.45, 7) is 0.282.